The summed E-state index contributed by atoms with van der Waals surface area (Å²) in [5, 5.41) is 4.56. The average molecular weight is 436 g/mol. The number of benzene rings is 2. The lowest BCUT2D eigenvalue weighted by Crippen LogP contribution is -2.19. The van der Waals surface area contributed by atoms with Crippen LogP contribution in [-0.4, -0.2) is 26.5 Å². The summed E-state index contributed by atoms with van der Waals surface area (Å²) in [6, 6.07) is 13.2. The number of anilines is 2. The van der Waals surface area contributed by atoms with Crippen molar-refractivity contribution in [2.24, 2.45) is 0 Å². The quantitative estimate of drug-likeness (QED) is 0.455. The highest BCUT2D eigenvalue weighted by Crippen LogP contribution is 2.27. The maximum atomic E-state index is 12.7. The molecule has 0 aliphatic carbocycles. The van der Waals surface area contributed by atoms with Gasteiger partial charge in [0.1, 0.15) is 11.3 Å². The molecule has 0 atom stereocenters. The standard InChI is InChI=1S/C23H22ClN5O2/c1-4-31-19-10-6-9-17-13(2)25-22(27-20(17)19)29-23-26-14(3)18(21(30)28-23)12-15-7-5-8-16(24)11-15/h5-11H,4,12H2,1-3H3,(H2,25,26,27,28,29,30). The Bertz CT molecular complexity index is 1320. The van der Waals surface area contributed by atoms with Gasteiger partial charge in [-0.15, -0.1) is 0 Å². The van der Waals surface area contributed by atoms with Gasteiger partial charge in [-0.2, -0.15) is 0 Å². The van der Waals surface area contributed by atoms with Crippen LogP contribution in [0.3, 0.4) is 0 Å². The molecule has 0 unspecified atom stereocenters. The average Bonchev–Trinajstić information content (AvgIpc) is 2.72. The van der Waals surface area contributed by atoms with Crippen LogP contribution in [-0.2, 0) is 6.42 Å². The zero-order valence-electron chi connectivity index (χ0n) is 17.5. The Morgan fingerprint density at radius 3 is 2.61 bits per heavy atom. The van der Waals surface area contributed by atoms with Gasteiger partial charge >= 0.3 is 0 Å². The van der Waals surface area contributed by atoms with Crippen molar-refractivity contribution in [3.8, 4) is 5.75 Å². The summed E-state index contributed by atoms with van der Waals surface area (Å²) < 4.78 is 5.70. The van der Waals surface area contributed by atoms with E-state index in [2.05, 4.69) is 25.3 Å². The number of aromatic amines is 1. The predicted molar refractivity (Wildman–Crippen MR) is 123 cm³/mol. The second-order valence-corrected chi connectivity index (χ2v) is 7.56. The zero-order valence-corrected chi connectivity index (χ0v) is 18.2. The highest BCUT2D eigenvalue weighted by Gasteiger charge is 2.13. The number of rotatable bonds is 6. The first-order valence-electron chi connectivity index (χ1n) is 9.96. The SMILES string of the molecule is CCOc1cccc2c(C)nc(Nc3nc(C)c(Cc4cccc(Cl)c4)c(=O)[nH]3)nc12. The summed E-state index contributed by atoms with van der Waals surface area (Å²) >= 11 is 6.06. The molecule has 0 radical (unpaired) electrons. The Hall–Kier alpha value is -3.45. The van der Waals surface area contributed by atoms with Crippen molar-refractivity contribution in [1.82, 2.24) is 19.9 Å². The van der Waals surface area contributed by atoms with Gasteiger partial charge in [-0.1, -0.05) is 35.9 Å². The third kappa shape index (κ3) is 4.51. The molecule has 0 bridgehead atoms. The maximum absolute atomic E-state index is 12.7. The van der Waals surface area contributed by atoms with Crippen LogP contribution in [0.4, 0.5) is 11.9 Å². The van der Waals surface area contributed by atoms with Crippen molar-refractivity contribution < 1.29 is 4.74 Å². The molecule has 2 heterocycles. The minimum atomic E-state index is -0.220. The van der Waals surface area contributed by atoms with E-state index < -0.39 is 0 Å². The molecule has 7 nitrogen and oxygen atoms in total. The highest BCUT2D eigenvalue weighted by atomic mass is 35.5. The Kier molecular flexibility index (Phi) is 5.86. The van der Waals surface area contributed by atoms with E-state index in [1.165, 1.54) is 0 Å². The summed E-state index contributed by atoms with van der Waals surface area (Å²) in [7, 11) is 0. The molecule has 2 aromatic heterocycles. The number of H-pyrrole nitrogens is 1. The van der Waals surface area contributed by atoms with Crippen LogP contribution in [0.1, 0.15) is 29.4 Å². The van der Waals surface area contributed by atoms with Gasteiger partial charge < -0.3 is 4.74 Å². The topological polar surface area (TPSA) is 92.8 Å². The number of aryl methyl sites for hydroxylation is 2. The lowest BCUT2D eigenvalue weighted by molar-refractivity contribution is 0.343. The summed E-state index contributed by atoms with van der Waals surface area (Å²) in [6.45, 7) is 6.17. The van der Waals surface area contributed by atoms with Gasteiger partial charge in [-0.3, -0.25) is 15.1 Å². The molecule has 2 N–H and O–H groups in total. The van der Waals surface area contributed by atoms with Crippen LogP contribution >= 0.6 is 11.6 Å². The molecule has 0 saturated heterocycles. The molecule has 0 amide bonds. The lowest BCUT2D eigenvalue weighted by Gasteiger charge is -2.12. The maximum Gasteiger partial charge on any atom is 0.256 e. The van der Waals surface area contributed by atoms with E-state index in [-0.39, 0.29) is 11.5 Å². The van der Waals surface area contributed by atoms with Crippen LogP contribution in [0.5, 0.6) is 5.75 Å². The molecule has 0 spiro atoms. The van der Waals surface area contributed by atoms with Gasteiger partial charge in [0, 0.05) is 22.4 Å². The summed E-state index contributed by atoms with van der Waals surface area (Å²) in [5.41, 5.74) is 3.44. The third-order valence-electron chi connectivity index (χ3n) is 4.90. The van der Waals surface area contributed by atoms with E-state index in [1.807, 2.05) is 50.2 Å². The van der Waals surface area contributed by atoms with Crippen LogP contribution in [0, 0.1) is 13.8 Å². The minimum Gasteiger partial charge on any atom is -0.492 e. The van der Waals surface area contributed by atoms with Crippen molar-refractivity contribution in [2.75, 3.05) is 11.9 Å². The number of fused-ring (bicyclic) bond motifs is 1. The van der Waals surface area contributed by atoms with E-state index in [1.54, 1.807) is 13.0 Å². The second-order valence-electron chi connectivity index (χ2n) is 7.13. The molecule has 4 rings (SSSR count). The van der Waals surface area contributed by atoms with E-state index in [4.69, 9.17) is 16.3 Å². The minimum absolute atomic E-state index is 0.220. The Labute approximate surface area is 184 Å². The predicted octanol–water partition coefficient (Wildman–Crippen LogP) is 4.72. The van der Waals surface area contributed by atoms with Crippen molar-refractivity contribution in [3.05, 3.63) is 80.4 Å². The Balaban J connectivity index is 1.66. The number of hydrogen-bond acceptors (Lipinski definition) is 6. The van der Waals surface area contributed by atoms with Crippen molar-refractivity contribution >= 4 is 34.4 Å². The van der Waals surface area contributed by atoms with E-state index in [0.29, 0.717) is 46.5 Å². The first-order valence-corrected chi connectivity index (χ1v) is 10.3. The molecule has 31 heavy (non-hydrogen) atoms. The fourth-order valence-electron chi connectivity index (χ4n) is 3.44. The van der Waals surface area contributed by atoms with Crippen LogP contribution in [0.15, 0.2) is 47.3 Å². The molecule has 0 aliphatic heterocycles. The molecule has 4 aromatic rings. The van der Waals surface area contributed by atoms with Gasteiger partial charge in [0.15, 0.2) is 0 Å². The number of halogens is 1. The van der Waals surface area contributed by atoms with E-state index in [0.717, 1.165) is 16.6 Å². The van der Waals surface area contributed by atoms with Crippen LogP contribution < -0.4 is 15.6 Å². The highest BCUT2D eigenvalue weighted by molar-refractivity contribution is 6.30. The van der Waals surface area contributed by atoms with Gasteiger partial charge in [0.05, 0.1) is 18.0 Å². The summed E-state index contributed by atoms with van der Waals surface area (Å²) in [4.78, 5) is 29.1. The van der Waals surface area contributed by atoms with Crippen LogP contribution in [0.25, 0.3) is 10.9 Å². The summed E-state index contributed by atoms with van der Waals surface area (Å²) in [5.74, 6) is 1.30. The molecule has 0 saturated carbocycles. The second kappa shape index (κ2) is 8.73. The molecule has 0 fully saturated rings. The van der Waals surface area contributed by atoms with E-state index >= 15 is 0 Å². The monoisotopic (exact) mass is 435 g/mol. The first kappa shape index (κ1) is 20.8. The number of ether oxygens (including phenoxy) is 1. The normalized spacial score (nSPS) is 11.0. The Morgan fingerprint density at radius 1 is 1.06 bits per heavy atom. The molecule has 2 aromatic carbocycles. The molecular formula is C23H22ClN5O2. The van der Waals surface area contributed by atoms with Crippen molar-refractivity contribution in [1.29, 1.82) is 0 Å². The number of para-hydroxylation sites is 1. The lowest BCUT2D eigenvalue weighted by atomic mass is 10.1. The fourth-order valence-corrected chi connectivity index (χ4v) is 3.66. The third-order valence-corrected chi connectivity index (χ3v) is 5.14. The van der Waals surface area contributed by atoms with Gasteiger partial charge in [0.25, 0.3) is 5.56 Å². The first-order chi connectivity index (χ1) is 14.9. The van der Waals surface area contributed by atoms with Gasteiger partial charge in [0.2, 0.25) is 11.9 Å². The number of nitrogens with one attached hydrogen (secondary N) is 2. The van der Waals surface area contributed by atoms with Crippen LogP contribution in [0.2, 0.25) is 5.02 Å². The van der Waals surface area contributed by atoms with Crippen molar-refractivity contribution in [3.63, 3.8) is 0 Å². The smallest absolute Gasteiger partial charge is 0.256 e. The number of hydrogen-bond donors (Lipinski definition) is 2. The largest absolute Gasteiger partial charge is 0.492 e. The number of aromatic nitrogens is 4. The molecule has 8 heteroatoms. The fraction of sp³-hybridized carbons (Fsp3) is 0.217. The summed E-state index contributed by atoms with van der Waals surface area (Å²) in [6.07, 6.45) is 0.443. The molecular weight excluding hydrogens is 414 g/mol. The molecule has 0 aliphatic rings. The zero-order chi connectivity index (χ0) is 22.0. The van der Waals surface area contributed by atoms with E-state index in [9.17, 15) is 4.79 Å². The molecule has 158 valence electrons. The van der Waals surface area contributed by atoms with Gasteiger partial charge in [-0.25, -0.2) is 15.0 Å². The Morgan fingerprint density at radius 2 is 1.87 bits per heavy atom. The van der Waals surface area contributed by atoms with Gasteiger partial charge in [-0.05, 0) is 44.5 Å². The van der Waals surface area contributed by atoms with Crippen molar-refractivity contribution in [2.45, 2.75) is 27.2 Å². The number of nitrogens with zero attached hydrogens (tertiary/aromatic N) is 3.